The molecule has 2 fully saturated rings. The number of thiazole rings is 1. The number of hydrogen-bond acceptors (Lipinski definition) is 5. The van der Waals surface area contributed by atoms with Gasteiger partial charge in [0.15, 0.2) is 5.13 Å². The zero-order valence-corrected chi connectivity index (χ0v) is 15.9. The molecule has 0 radical (unpaired) electrons. The fourth-order valence-corrected chi connectivity index (χ4v) is 5.57. The fraction of sp³-hybridized carbons (Fsp3) is 0.353. The lowest BCUT2D eigenvalue weighted by atomic mass is 10.2. The third kappa shape index (κ3) is 3.05. The van der Waals surface area contributed by atoms with Gasteiger partial charge in [0.1, 0.15) is 6.04 Å². The Balaban J connectivity index is 1.49. The van der Waals surface area contributed by atoms with Crippen LogP contribution < -0.4 is 5.32 Å². The number of anilines is 1. The van der Waals surface area contributed by atoms with Gasteiger partial charge in [-0.25, -0.2) is 4.98 Å². The first-order valence-corrected chi connectivity index (χ1v) is 10.2. The van der Waals surface area contributed by atoms with E-state index in [1.54, 1.807) is 16.7 Å². The number of nitrogens with one attached hydrogen (secondary N) is 1. The van der Waals surface area contributed by atoms with Gasteiger partial charge in [-0.2, -0.15) is 0 Å². The van der Waals surface area contributed by atoms with Crippen molar-refractivity contribution >= 4 is 51.6 Å². The molecule has 2 amide bonds. The minimum atomic E-state index is -0.423. The molecule has 2 unspecified atom stereocenters. The van der Waals surface area contributed by atoms with Crippen molar-refractivity contribution in [3.05, 3.63) is 34.7 Å². The summed E-state index contributed by atoms with van der Waals surface area (Å²) >= 11 is 8.96. The van der Waals surface area contributed by atoms with Gasteiger partial charge in [-0.15, -0.1) is 23.1 Å². The van der Waals surface area contributed by atoms with Crippen LogP contribution in [0, 0.1) is 0 Å². The summed E-state index contributed by atoms with van der Waals surface area (Å²) in [6.45, 7) is 2.04. The van der Waals surface area contributed by atoms with Crippen LogP contribution in [-0.4, -0.2) is 38.4 Å². The molecule has 0 aliphatic carbocycles. The Morgan fingerprint density at radius 3 is 2.92 bits per heavy atom. The van der Waals surface area contributed by atoms with Gasteiger partial charge >= 0.3 is 0 Å². The number of carbonyl (C=O) groups excluding carboxylic acids is 2. The molecule has 2 atom stereocenters. The minimum absolute atomic E-state index is 0.0636. The van der Waals surface area contributed by atoms with E-state index in [9.17, 15) is 9.59 Å². The topological polar surface area (TPSA) is 62.3 Å². The quantitative estimate of drug-likeness (QED) is 0.860. The summed E-state index contributed by atoms with van der Waals surface area (Å²) in [4.78, 5) is 30.8. The molecule has 1 aromatic carbocycles. The van der Waals surface area contributed by atoms with Crippen molar-refractivity contribution in [1.82, 2.24) is 9.88 Å². The van der Waals surface area contributed by atoms with Crippen LogP contribution in [0.2, 0.25) is 5.02 Å². The summed E-state index contributed by atoms with van der Waals surface area (Å²) in [7, 11) is 0. The summed E-state index contributed by atoms with van der Waals surface area (Å²) in [5.41, 5.74) is 1.74. The highest BCUT2D eigenvalue weighted by atomic mass is 35.5. The molecular weight excluding hydrogens is 378 g/mol. The molecule has 3 heterocycles. The van der Waals surface area contributed by atoms with Gasteiger partial charge in [0.25, 0.3) is 0 Å². The van der Waals surface area contributed by atoms with Gasteiger partial charge < -0.3 is 10.2 Å². The summed E-state index contributed by atoms with van der Waals surface area (Å²) in [6, 6.07) is 6.98. The molecule has 25 heavy (non-hydrogen) atoms. The standard InChI is InChI=1S/C17H16ClN3O2S2/c1-17-7-6-14(22)21(17)13(9-25-17)15(23)20-16-19-12(8-24-16)10-2-4-11(18)5-3-10/h2-5,8,13H,6-7,9H2,1H3,(H,19,20,23). The van der Waals surface area contributed by atoms with E-state index in [1.165, 1.54) is 11.3 Å². The lowest BCUT2D eigenvalue weighted by molar-refractivity contribution is -0.135. The molecule has 1 N–H and O–H groups in total. The minimum Gasteiger partial charge on any atom is -0.315 e. The Labute approximate surface area is 158 Å². The first-order chi connectivity index (χ1) is 12.0. The van der Waals surface area contributed by atoms with Gasteiger partial charge in [0, 0.05) is 28.1 Å². The molecule has 1 aromatic heterocycles. The number of fused-ring (bicyclic) bond motifs is 1. The number of thioether (sulfide) groups is 1. The SMILES string of the molecule is CC12CCC(=O)N1C(C(=O)Nc1nc(-c3ccc(Cl)cc3)cs1)CS2. The second-order valence-electron chi connectivity index (χ2n) is 6.30. The molecule has 4 rings (SSSR count). The lowest BCUT2D eigenvalue weighted by Gasteiger charge is -2.29. The summed E-state index contributed by atoms with van der Waals surface area (Å²) in [6.07, 6.45) is 1.32. The Hall–Kier alpha value is -1.57. The number of hydrogen-bond donors (Lipinski definition) is 1. The molecule has 2 aromatic rings. The van der Waals surface area contributed by atoms with Gasteiger partial charge in [-0.1, -0.05) is 23.7 Å². The van der Waals surface area contributed by atoms with E-state index < -0.39 is 6.04 Å². The zero-order chi connectivity index (χ0) is 17.6. The van der Waals surface area contributed by atoms with E-state index in [0.29, 0.717) is 22.3 Å². The van der Waals surface area contributed by atoms with Crippen LogP contribution in [0.5, 0.6) is 0 Å². The van der Waals surface area contributed by atoms with E-state index in [2.05, 4.69) is 10.3 Å². The summed E-state index contributed by atoms with van der Waals surface area (Å²) in [5.74, 6) is 0.529. The molecule has 0 saturated carbocycles. The second-order valence-corrected chi connectivity index (χ2v) is 9.10. The number of halogens is 1. The predicted molar refractivity (Wildman–Crippen MR) is 102 cm³/mol. The highest BCUT2D eigenvalue weighted by Gasteiger charge is 2.52. The van der Waals surface area contributed by atoms with Crippen LogP contribution in [0.3, 0.4) is 0 Å². The number of carbonyl (C=O) groups is 2. The van der Waals surface area contributed by atoms with Crippen molar-refractivity contribution in [2.75, 3.05) is 11.1 Å². The van der Waals surface area contributed by atoms with Crippen molar-refractivity contribution in [3.63, 3.8) is 0 Å². The van der Waals surface area contributed by atoms with Crippen LogP contribution in [-0.2, 0) is 9.59 Å². The predicted octanol–water partition coefficient (Wildman–Crippen LogP) is 3.86. The van der Waals surface area contributed by atoms with Crippen molar-refractivity contribution in [2.24, 2.45) is 0 Å². The maximum atomic E-state index is 12.7. The zero-order valence-electron chi connectivity index (χ0n) is 13.5. The molecular formula is C17H16ClN3O2S2. The lowest BCUT2D eigenvalue weighted by Crippen LogP contribution is -2.48. The monoisotopic (exact) mass is 393 g/mol. The van der Waals surface area contributed by atoms with Crippen LogP contribution in [0.1, 0.15) is 19.8 Å². The molecule has 5 nitrogen and oxygen atoms in total. The van der Waals surface area contributed by atoms with Gasteiger partial charge in [-0.05, 0) is 25.5 Å². The van der Waals surface area contributed by atoms with Gasteiger partial charge in [0.05, 0.1) is 10.6 Å². The average molecular weight is 394 g/mol. The van der Waals surface area contributed by atoms with Crippen LogP contribution in [0.4, 0.5) is 5.13 Å². The number of rotatable bonds is 3. The Morgan fingerprint density at radius 1 is 1.40 bits per heavy atom. The van der Waals surface area contributed by atoms with E-state index in [1.807, 2.05) is 36.6 Å². The third-order valence-electron chi connectivity index (χ3n) is 4.62. The smallest absolute Gasteiger partial charge is 0.249 e. The maximum Gasteiger partial charge on any atom is 0.249 e. The Kier molecular flexibility index (Phi) is 4.25. The molecule has 0 bridgehead atoms. The average Bonchev–Trinajstić information content (AvgIpc) is 3.25. The first kappa shape index (κ1) is 16.9. The molecule has 2 saturated heterocycles. The Morgan fingerprint density at radius 2 is 2.16 bits per heavy atom. The van der Waals surface area contributed by atoms with Crippen molar-refractivity contribution < 1.29 is 9.59 Å². The van der Waals surface area contributed by atoms with Crippen LogP contribution in [0.25, 0.3) is 11.3 Å². The third-order valence-corrected chi connectivity index (χ3v) is 7.14. The highest BCUT2D eigenvalue weighted by Crippen LogP contribution is 2.47. The first-order valence-electron chi connectivity index (χ1n) is 7.95. The van der Waals surface area contributed by atoms with Crippen molar-refractivity contribution in [2.45, 2.75) is 30.7 Å². The fourth-order valence-electron chi connectivity index (χ4n) is 3.29. The normalized spacial score (nSPS) is 25.3. The Bertz CT molecular complexity index is 839. The van der Waals surface area contributed by atoms with E-state index >= 15 is 0 Å². The van der Waals surface area contributed by atoms with E-state index in [4.69, 9.17) is 11.6 Å². The second kappa shape index (κ2) is 6.30. The van der Waals surface area contributed by atoms with Crippen molar-refractivity contribution in [1.29, 1.82) is 0 Å². The van der Waals surface area contributed by atoms with Gasteiger partial charge in [0.2, 0.25) is 11.8 Å². The number of aromatic nitrogens is 1. The van der Waals surface area contributed by atoms with Crippen molar-refractivity contribution in [3.8, 4) is 11.3 Å². The van der Waals surface area contributed by atoms with Crippen LogP contribution >= 0.6 is 34.7 Å². The molecule has 130 valence electrons. The van der Waals surface area contributed by atoms with E-state index in [-0.39, 0.29) is 16.7 Å². The number of nitrogens with zero attached hydrogens (tertiary/aromatic N) is 2. The molecule has 8 heteroatoms. The highest BCUT2D eigenvalue weighted by molar-refractivity contribution is 8.01. The van der Waals surface area contributed by atoms with Crippen LogP contribution in [0.15, 0.2) is 29.6 Å². The molecule has 2 aliphatic rings. The number of amides is 2. The largest absolute Gasteiger partial charge is 0.315 e. The van der Waals surface area contributed by atoms with E-state index in [0.717, 1.165) is 17.7 Å². The molecule has 0 spiro atoms. The molecule has 2 aliphatic heterocycles. The van der Waals surface area contributed by atoms with Gasteiger partial charge in [-0.3, -0.25) is 9.59 Å². The maximum absolute atomic E-state index is 12.7. The summed E-state index contributed by atoms with van der Waals surface area (Å²) in [5, 5.41) is 5.98. The number of benzene rings is 1. The summed E-state index contributed by atoms with van der Waals surface area (Å²) < 4.78 is 0.